The van der Waals surface area contributed by atoms with Crippen LogP contribution in [0.1, 0.15) is 50.7 Å². The first-order valence-electron chi connectivity index (χ1n) is 29.9. The Hall–Kier alpha value is -10.8. The molecule has 0 saturated carbocycles. The summed E-state index contributed by atoms with van der Waals surface area (Å²) < 4.78 is 18.5. The van der Waals surface area contributed by atoms with Gasteiger partial charge in [0.05, 0.1) is 33.4 Å². The summed E-state index contributed by atoms with van der Waals surface area (Å²) in [5.74, 6) is 0.825. The second-order valence-corrected chi connectivity index (χ2v) is 23.7. The zero-order chi connectivity index (χ0) is 57.3. The van der Waals surface area contributed by atoms with Crippen molar-refractivity contribution in [2.75, 3.05) is 9.80 Å². The van der Waals surface area contributed by atoms with Crippen molar-refractivity contribution in [3.8, 4) is 11.4 Å². The number of benzene rings is 13. The molecule has 17 aromatic rings. The molecule has 0 atom stereocenters. The minimum absolute atomic E-state index is 0.413. The molecule has 0 unspecified atom stereocenters. The van der Waals surface area contributed by atoms with Gasteiger partial charge in [-0.1, -0.05) is 161 Å². The Morgan fingerprint density at radius 1 is 0.279 bits per heavy atom. The van der Waals surface area contributed by atoms with E-state index < -0.39 is 0 Å². The molecule has 17 rings (SSSR count). The van der Waals surface area contributed by atoms with Crippen LogP contribution in [0, 0.1) is 0 Å². The van der Waals surface area contributed by atoms with E-state index in [0.717, 1.165) is 122 Å². The minimum Gasteiger partial charge on any atom is -0.456 e. The summed E-state index contributed by atoms with van der Waals surface area (Å²) in [6, 6.07) is 97.6. The van der Waals surface area contributed by atoms with Gasteiger partial charge in [0.2, 0.25) is 0 Å². The zero-order valence-corrected chi connectivity index (χ0v) is 48.2. The molecule has 4 heterocycles. The van der Waals surface area contributed by atoms with Gasteiger partial charge in [-0.2, -0.15) is 0 Å². The molecule has 86 heavy (non-hydrogen) atoms. The molecule has 4 aromatic heterocycles. The summed E-state index contributed by atoms with van der Waals surface area (Å²) in [7, 11) is 0. The molecular formula is C80H58N4O2. The summed E-state index contributed by atoms with van der Waals surface area (Å²) in [6.07, 6.45) is 0. The molecule has 0 bridgehead atoms. The largest absolute Gasteiger partial charge is 0.456 e. The van der Waals surface area contributed by atoms with Crippen LogP contribution in [0.15, 0.2) is 276 Å². The maximum absolute atomic E-state index is 6.85. The lowest BCUT2D eigenvalue weighted by Crippen LogP contribution is -2.12. The molecule has 6 nitrogen and oxygen atoms in total. The minimum atomic E-state index is 0.413. The van der Waals surface area contributed by atoms with E-state index >= 15 is 0 Å². The van der Waals surface area contributed by atoms with E-state index in [0.29, 0.717) is 11.8 Å². The summed E-state index contributed by atoms with van der Waals surface area (Å²) in [5.41, 5.74) is 19.2. The van der Waals surface area contributed by atoms with Gasteiger partial charge in [0.15, 0.2) is 0 Å². The third kappa shape index (κ3) is 7.79. The van der Waals surface area contributed by atoms with Gasteiger partial charge in [-0.25, -0.2) is 0 Å². The Bertz CT molecular complexity index is 5190. The normalized spacial score (nSPS) is 12.2. The van der Waals surface area contributed by atoms with Crippen LogP contribution < -0.4 is 9.80 Å². The van der Waals surface area contributed by atoms with Crippen LogP contribution in [0.4, 0.5) is 34.1 Å². The van der Waals surface area contributed by atoms with E-state index in [2.05, 4.69) is 314 Å². The van der Waals surface area contributed by atoms with Crippen molar-refractivity contribution in [2.24, 2.45) is 0 Å². The molecular weight excluding hydrogens is 1050 g/mol. The molecule has 0 N–H and O–H groups in total. The van der Waals surface area contributed by atoms with Crippen molar-refractivity contribution < 1.29 is 8.83 Å². The van der Waals surface area contributed by atoms with E-state index in [1.165, 1.54) is 43.7 Å². The number of anilines is 6. The molecule has 0 saturated heterocycles. The molecule has 6 heteroatoms. The first kappa shape index (κ1) is 49.8. The van der Waals surface area contributed by atoms with Gasteiger partial charge in [0.25, 0.3) is 0 Å². The first-order chi connectivity index (χ1) is 42.3. The van der Waals surface area contributed by atoms with Gasteiger partial charge in [0.1, 0.15) is 22.3 Å². The maximum atomic E-state index is 6.85. The van der Waals surface area contributed by atoms with Crippen molar-refractivity contribution in [2.45, 2.75) is 39.5 Å². The number of para-hydroxylation sites is 6. The highest BCUT2D eigenvalue weighted by Crippen LogP contribution is 2.48. The lowest BCUT2D eigenvalue weighted by atomic mass is 10.0. The van der Waals surface area contributed by atoms with Crippen molar-refractivity contribution in [1.29, 1.82) is 0 Å². The van der Waals surface area contributed by atoms with Crippen LogP contribution in [-0.2, 0) is 0 Å². The van der Waals surface area contributed by atoms with E-state index in [1.807, 2.05) is 0 Å². The monoisotopic (exact) mass is 1110 g/mol. The second kappa shape index (κ2) is 19.4. The van der Waals surface area contributed by atoms with Crippen LogP contribution in [-0.4, -0.2) is 9.13 Å². The number of hydrogen-bond acceptors (Lipinski definition) is 4. The fraction of sp³-hybridized carbons (Fsp3) is 0.0750. The number of hydrogen-bond donors (Lipinski definition) is 0. The molecule has 0 aliphatic carbocycles. The molecule has 0 fully saturated rings. The summed E-state index contributed by atoms with van der Waals surface area (Å²) >= 11 is 0. The third-order valence-corrected chi connectivity index (χ3v) is 18.0. The molecule has 0 aliphatic heterocycles. The number of furan rings is 2. The second-order valence-electron chi connectivity index (χ2n) is 23.7. The molecule has 0 amide bonds. The molecule has 0 aliphatic rings. The van der Waals surface area contributed by atoms with Gasteiger partial charge in [-0.3, -0.25) is 0 Å². The van der Waals surface area contributed by atoms with Crippen LogP contribution in [0.3, 0.4) is 0 Å². The van der Waals surface area contributed by atoms with E-state index in [-0.39, 0.29) is 0 Å². The fourth-order valence-electron chi connectivity index (χ4n) is 13.7. The lowest BCUT2D eigenvalue weighted by Gasteiger charge is -2.28. The van der Waals surface area contributed by atoms with Crippen molar-refractivity contribution in [3.63, 3.8) is 0 Å². The van der Waals surface area contributed by atoms with Gasteiger partial charge >= 0.3 is 0 Å². The van der Waals surface area contributed by atoms with Gasteiger partial charge in [-0.05, 0) is 172 Å². The van der Waals surface area contributed by atoms with Crippen LogP contribution in [0.5, 0.6) is 0 Å². The Labute approximate surface area is 497 Å². The van der Waals surface area contributed by atoms with E-state index in [9.17, 15) is 0 Å². The zero-order valence-electron chi connectivity index (χ0n) is 48.2. The predicted molar refractivity (Wildman–Crippen MR) is 362 cm³/mol. The number of aromatic nitrogens is 2. The van der Waals surface area contributed by atoms with Crippen molar-refractivity contribution in [1.82, 2.24) is 9.13 Å². The van der Waals surface area contributed by atoms with Crippen LogP contribution in [0.25, 0.3) is 120 Å². The molecule has 13 aromatic carbocycles. The third-order valence-electron chi connectivity index (χ3n) is 18.0. The smallest absolute Gasteiger partial charge is 0.139 e. The number of nitrogens with zero attached hydrogens (tertiary/aromatic N) is 4. The van der Waals surface area contributed by atoms with Gasteiger partial charge in [0, 0.05) is 83.3 Å². The molecule has 410 valence electrons. The molecule has 0 spiro atoms. The number of rotatable bonds is 10. The summed E-state index contributed by atoms with van der Waals surface area (Å²) in [4.78, 5) is 4.84. The fourth-order valence-corrected chi connectivity index (χ4v) is 13.7. The standard InChI is InChI=1S/C80H58N4O2/c1-49(2)51-29-35-59(36-30-51)81(73-27-15-23-65-63-21-11-13-25-71(63)83(79(65)73)57-17-7-5-8-18-57)61-39-33-53-43-67-69-47-70-68-44-54-34-40-62(42-56(54)46-76(68)86-78(70)48-77(69)85-75(67)45-55(53)41-61)82(60-37-31-52(32-38-60)50(3)4)74-28-16-24-66-64-22-12-14-26-72(64)84(80(66)74)58-19-9-6-10-20-58/h5-50H,1-4H3. The SMILES string of the molecule is CC(C)c1ccc(N(c2ccc3cc4c(cc3c2)oc2cc3oc5cc6cc(N(c7ccc(C(C)C)cc7)c7cccc8c9ccccc9n(-c9ccccc9)c78)ccc6cc5c3cc24)c2cccc3c4ccccc4n(-c4ccccc4)c23)cc1. The highest BCUT2D eigenvalue weighted by molar-refractivity contribution is 6.20. The summed E-state index contributed by atoms with van der Waals surface area (Å²) in [5, 5.41) is 13.6. The van der Waals surface area contributed by atoms with Crippen LogP contribution in [0.2, 0.25) is 0 Å². The topological polar surface area (TPSA) is 42.6 Å². The Morgan fingerprint density at radius 3 is 1.08 bits per heavy atom. The quantitative estimate of drug-likeness (QED) is 0.137. The van der Waals surface area contributed by atoms with Crippen molar-refractivity contribution >= 4 is 143 Å². The average molecular weight is 1110 g/mol. The predicted octanol–water partition coefficient (Wildman–Crippen LogP) is 23.2. The highest BCUT2D eigenvalue weighted by atomic mass is 16.3. The molecule has 0 radical (unpaired) electrons. The summed E-state index contributed by atoms with van der Waals surface area (Å²) in [6.45, 7) is 9.00. The average Bonchev–Trinajstić information content (AvgIpc) is 4.39. The first-order valence-corrected chi connectivity index (χ1v) is 29.9. The van der Waals surface area contributed by atoms with Crippen molar-refractivity contribution in [3.05, 3.63) is 278 Å². The maximum Gasteiger partial charge on any atom is 0.139 e. The Morgan fingerprint density at radius 2 is 0.651 bits per heavy atom. The van der Waals surface area contributed by atoms with Crippen LogP contribution >= 0.6 is 0 Å². The van der Waals surface area contributed by atoms with E-state index in [1.54, 1.807) is 0 Å². The van der Waals surface area contributed by atoms with E-state index in [4.69, 9.17) is 8.83 Å². The Balaban J connectivity index is 0.785. The lowest BCUT2D eigenvalue weighted by molar-refractivity contribution is 0.656. The number of fused-ring (bicyclic) bond motifs is 14. The highest BCUT2D eigenvalue weighted by Gasteiger charge is 2.25. The van der Waals surface area contributed by atoms with Gasteiger partial charge in [-0.15, -0.1) is 0 Å². The Kier molecular flexibility index (Phi) is 11.2. The van der Waals surface area contributed by atoms with Gasteiger partial charge < -0.3 is 27.8 Å².